The largest absolute Gasteiger partial charge is 0.493 e. The number of hydrogen-bond acceptors (Lipinski definition) is 6. The first-order valence-corrected chi connectivity index (χ1v) is 8.42. The van der Waals surface area contributed by atoms with Crippen LogP contribution >= 0.6 is 11.8 Å². The van der Waals surface area contributed by atoms with Gasteiger partial charge < -0.3 is 14.8 Å². The lowest BCUT2D eigenvalue weighted by molar-refractivity contribution is -0.431. The maximum absolute atomic E-state index is 11.5. The van der Waals surface area contributed by atoms with Crippen LogP contribution in [0.1, 0.15) is 30.6 Å². The SMILES string of the molecule is CCCCNC1=C([N+](=O)[O-])C(SC)c2cccc(OC)c2O1. The van der Waals surface area contributed by atoms with Crippen molar-refractivity contribution >= 4 is 11.8 Å². The van der Waals surface area contributed by atoms with Gasteiger partial charge in [0.2, 0.25) is 0 Å². The highest BCUT2D eigenvalue weighted by Gasteiger charge is 2.39. The van der Waals surface area contributed by atoms with E-state index in [0.717, 1.165) is 18.4 Å². The van der Waals surface area contributed by atoms with E-state index in [1.54, 1.807) is 13.2 Å². The lowest BCUT2D eigenvalue weighted by atomic mass is 10.1. The Labute approximate surface area is 134 Å². The van der Waals surface area contributed by atoms with Gasteiger partial charge in [-0.15, -0.1) is 11.8 Å². The summed E-state index contributed by atoms with van der Waals surface area (Å²) in [6, 6.07) is 5.44. The van der Waals surface area contributed by atoms with E-state index < -0.39 is 5.25 Å². The van der Waals surface area contributed by atoms with E-state index in [9.17, 15) is 10.1 Å². The molecule has 22 heavy (non-hydrogen) atoms. The zero-order valence-corrected chi connectivity index (χ0v) is 13.7. The fourth-order valence-electron chi connectivity index (χ4n) is 2.35. The third-order valence-electron chi connectivity index (χ3n) is 3.45. The Morgan fingerprint density at radius 1 is 1.50 bits per heavy atom. The van der Waals surface area contributed by atoms with Gasteiger partial charge in [0.05, 0.1) is 12.0 Å². The molecule has 0 saturated carbocycles. The number of unbranched alkanes of at least 4 members (excludes halogenated alkanes) is 1. The maximum Gasteiger partial charge on any atom is 0.323 e. The first-order valence-electron chi connectivity index (χ1n) is 7.14. The Bertz CT molecular complexity index is 589. The second kappa shape index (κ2) is 7.40. The van der Waals surface area contributed by atoms with Crippen LogP contribution in [-0.4, -0.2) is 24.8 Å². The topological polar surface area (TPSA) is 73.6 Å². The van der Waals surface area contributed by atoms with Crippen LogP contribution in [0.3, 0.4) is 0 Å². The number of ether oxygens (including phenoxy) is 2. The molecule has 1 unspecified atom stereocenters. The minimum absolute atomic E-state index is 0.0596. The van der Waals surface area contributed by atoms with Crippen molar-refractivity contribution in [3.05, 3.63) is 45.5 Å². The highest BCUT2D eigenvalue weighted by Crippen LogP contribution is 2.47. The molecule has 1 heterocycles. The van der Waals surface area contributed by atoms with Crippen LogP contribution in [0.15, 0.2) is 29.8 Å². The molecule has 0 amide bonds. The summed E-state index contributed by atoms with van der Waals surface area (Å²) in [6.07, 6.45) is 3.77. The summed E-state index contributed by atoms with van der Waals surface area (Å²) >= 11 is 1.41. The van der Waals surface area contributed by atoms with Crippen LogP contribution < -0.4 is 14.8 Å². The molecule has 1 N–H and O–H groups in total. The van der Waals surface area contributed by atoms with Gasteiger partial charge in [-0.2, -0.15) is 0 Å². The van der Waals surface area contributed by atoms with E-state index in [4.69, 9.17) is 9.47 Å². The molecule has 1 aliphatic heterocycles. The minimum Gasteiger partial charge on any atom is -0.493 e. The minimum atomic E-state index is -0.391. The van der Waals surface area contributed by atoms with Crippen LogP contribution in [0.5, 0.6) is 11.5 Å². The van der Waals surface area contributed by atoms with Crippen molar-refractivity contribution in [3.8, 4) is 11.5 Å². The van der Waals surface area contributed by atoms with Crippen LogP contribution in [0, 0.1) is 10.1 Å². The van der Waals surface area contributed by atoms with Crippen molar-refractivity contribution in [2.75, 3.05) is 19.9 Å². The molecule has 6 nitrogen and oxygen atoms in total. The molecule has 120 valence electrons. The van der Waals surface area contributed by atoms with Gasteiger partial charge in [-0.3, -0.25) is 10.1 Å². The first-order chi connectivity index (χ1) is 10.6. The molecule has 0 spiro atoms. The summed E-state index contributed by atoms with van der Waals surface area (Å²) in [5.74, 6) is 1.34. The van der Waals surface area contributed by atoms with Gasteiger partial charge in [0.15, 0.2) is 11.5 Å². The number of methoxy groups -OCH3 is 1. The summed E-state index contributed by atoms with van der Waals surface area (Å²) < 4.78 is 11.1. The second-order valence-corrected chi connectivity index (χ2v) is 5.79. The molecule has 1 aliphatic rings. The van der Waals surface area contributed by atoms with E-state index >= 15 is 0 Å². The van der Waals surface area contributed by atoms with E-state index in [-0.39, 0.29) is 16.5 Å². The number of fused-ring (bicyclic) bond motifs is 1. The normalized spacial score (nSPS) is 16.8. The number of benzene rings is 1. The van der Waals surface area contributed by atoms with Crippen molar-refractivity contribution in [3.63, 3.8) is 0 Å². The molecule has 0 fully saturated rings. The van der Waals surface area contributed by atoms with Crippen LogP contribution in [0.4, 0.5) is 0 Å². The third-order valence-corrected chi connectivity index (χ3v) is 4.39. The fourth-order valence-corrected chi connectivity index (χ4v) is 3.21. The molecule has 0 radical (unpaired) electrons. The lowest BCUT2D eigenvalue weighted by Crippen LogP contribution is -2.29. The first kappa shape index (κ1) is 16.5. The van der Waals surface area contributed by atoms with Crippen molar-refractivity contribution in [1.82, 2.24) is 5.32 Å². The summed E-state index contributed by atoms with van der Waals surface area (Å²) in [6.45, 7) is 2.70. The summed E-state index contributed by atoms with van der Waals surface area (Å²) in [7, 11) is 1.56. The Morgan fingerprint density at radius 2 is 2.27 bits per heavy atom. The molecule has 0 bridgehead atoms. The Hall–Kier alpha value is -1.89. The molecular weight excluding hydrogens is 304 g/mol. The Balaban J connectivity index is 2.46. The predicted molar refractivity (Wildman–Crippen MR) is 86.8 cm³/mol. The van der Waals surface area contributed by atoms with Gasteiger partial charge in [-0.25, -0.2) is 0 Å². The van der Waals surface area contributed by atoms with E-state index in [2.05, 4.69) is 12.2 Å². The quantitative estimate of drug-likeness (QED) is 0.471. The Morgan fingerprint density at radius 3 is 2.86 bits per heavy atom. The average Bonchev–Trinajstić information content (AvgIpc) is 2.52. The zero-order valence-electron chi connectivity index (χ0n) is 12.9. The van der Waals surface area contributed by atoms with Crippen molar-refractivity contribution in [1.29, 1.82) is 0 Å². The number of thioether (sulfide) groups is 1. The van der Waals surface area contributed by atoms with E-state index in [1.807, 2.05) is 18.4 Å². The number of hydrogen-bond donors (Lipinski definition) is 1. The van der Waals surface area contributed by atoms with E-state index in [0.29, 0.717) is 18.0 Å². The van der Waals surface area contributed by atoms with Crippen molar-refractivity contribution < 1.29 is 14.4 Å². The molecule has 0 aliphatic carbocycles. The lowest BCUT2D eigenvalue weighted by Gasteiger charge is -2.26. The number of para-hydroxylation sites is 1. The predicted octanol–water partition coefficient (Wildman–Crippen LogP) is 3.33. The van der Waals surface area contributed by atoms with Crippen LogP contribution in [0.2, 0.25) is 0 Å². The molecule has 7 heteroatoms. The highest BCUT2D eigenvalue weighted by atomic mass is 32.2. The smallest absolute Gasteiger partial charge is 0.323 e. The second-order valence-electron chi connectivity index (χ2n) is 4.85. The summed E-state index contributed by atoms with van der Waals surface area (Å²) in [5, 5.41) is 14.2. The maximum atomic E-state index is 11.5. The standard InChI is InChI=1S/C15H20N2O4S/c1-4-5-9-16-15-12(17(18)19)14(22-3)10-7-6-8-11(20-2)13(10)21-15/h6-8,14,16H,4-5,9H2,1-3H3. The molecule has 1 aromatic carbocycles. The highest BCUT2D eigenvalue weighted by molar-refractivity contribution is 7.99. The molecule has 0 saturated heterocycles. The van der Waals surface area contributed by atoms with Gasteiger partial charge in [0.25, 0.3) is 5.88 Å². The van der Waals surface area contributed by atoms with Gasteiger partial charge in [0, 0.05) is 12.1 Å². The van der Waals surface area contributed by atoms with E-state index in [1.165, 1.54) is 11.8 Å². The summed E-state index contributed by atoms with van der Waals surface area (Å²) in [4.78, 5) is 11.2. The fraction of sp³-hybridized carbons (Fsp3) is 0.467. The van der Waals surface area contributed by atoms with Crippen LogP contribution in [-0.2, 0) is 0 Å². The zero-order chi connectivity index (χ0) is 16.1. The molecule has 1 atom stereocenters. The number of nitrogens with one attached hydrogen (secondary N) is 1. The average molecular weight is 324 g/mol. The number of nitrogens with zero attached hydrogens (tertiary/aromatic N) is 1. The molecule has 2 rings (SSSR count). The van der Waals surface area contributed by atoms with Crippen molar-refractivity contribution in [2.24, 2.45) is 0 Å². The van der Waals surface area contributed by atoms with Gasteiger partial charge in [0.1, 0.15) is 5.25 Å². The van der Waals surface area contributed by atoms with Crippen molar-refractivity contribution in [2.45, 2.75) is 25.0 Å². The Kier molecular flexibility index (Phi) is 5.54. The summed E-state index contributed by atoms with van der Waals surface area (Å²) in [5.41, 5.74) is 0.823. The van der Waals surface area contributed by atoms with Crippen LogP contribution in [0.25, 0.3) is 0 Å². The monoisotopic (exact) mass is 324 g/mol. The van der Waals surface area contributed by atoms with Gasteiger partial charge in [-0.1, -0.05) is 25.5 Å². The molecular formula is C15H20N2O4S. The van der Waals surface area contributed by atoms with Gasteiger partial charge >= 0.3 is 5.70 Å². The number of nitro groups is 1. The number of rotatable bonds is 7. The molecule has 0 aromatic heterocycles. The third kappa shape index (κ3) is 3.14. The van der Waals surface area contributed by atoms with Gasteiger partial charge in [-0.05, 0) is 18.7 Å². The molecule has 1 aromatic rings.